The first-order valence-electron chi connectivity index (χ1n) is 12.2. The van der Waals surface area contributed by atoms with Gasteiger partial charge in [-0.15, -0.1) is 11.3 Å². The second-order valence-corrected chi connectivity index (χ2v) is 10.4. The van der Waals surface area contributed by atoms with Crippen molar-refractivity contribution in [3.8, 4) is 0 Å². The summed E-state index contributed by atoms with van der Waals surface area (Å²) in [6.07, 6.45) is -1.31. The van der Waals surface area contributed by atoms with Gasteiger partial charge >= 0.3 is 17.8 Å². The predicted molar refractivity (Wildman–Crippen MR) is 135 cm³/mol. The van der Waals surface area contributed by atoms with Gasteiger partial charge in [0.25, 0.3) is 11.5 Å². The highest BCUT2D eigenvalue weighted by atomic mass is 32.1. The van der Waals surface area contributed by atoms with Crippen molar-refractivity contribution in [3.63, 3.8) is 0 Å². The first-order valence-corrected chi connectivity index (χ1v) is 13.0. The monoisotopic (exact) mass is 552 g/mol. The largest absolute Gasteiger partial charge is 0.481 e. The number of carbonyl (C=O) groups is 2. The van der Waals surface area contributed by atoms with Crippen LogP contribution >= 0.6 is 11.3 Å². The summed E-state index contributed by atoms with van der Waals surface area (Å²) in [5.41, 5.74) is -0.366. The first-order chi connectivity index (χ1) is 18.0. The van der Waals surface area contributed by atoms with Crippen LogP contribution in [-0.4, -0.2) is 55.3 Å². The fraction of sp³-hybridized carbons (Fsp3) is 0.480. The molecule has 0 spiro atoms. The smallest absolute Gasteiger partial charge is 0.390 e. The minimum atomic E-state index is -4.52. The fourth-order valence-corrected chi connectivity index (χ4v) is 6.04. The van der Waals surface area contributed by atoms with Crippen molar-refractivity contribution < 1.29 is 27.9 Å². The van der Waals surface area contributed by atoms with Crippen molar-refractivity contribution >= 4 is 33.4 Å². The number of hydrogen-bond acceptors (Lipinski definition) is 6. The molecule has 3 aromatic rings. The highest BCUT2D eigenvalue weighted by Crippen LogP contribution is 2.31. The van der Waals surface area contributed by atoms with Crippen molar-refractivity contribution in [2.45, 2.75) is 58.3 Å². The number of fused-ring (bicyclic) bond motifs is 1. The molecule has 0 bridgehead atoms. The number of nitrogens with zero attached hydrogens (tertiary/aromatic N) is 4. The van der Waals surface area contributed by atoms with E-state index in [0.717, 1.165) is 26.0 Å². The Morgan fingerprint density at radius 1 is 1.11 bits per heavy atom. The molecule has 1 aliphatic rings. The van der Waals surface area contributed by atoms with Gasteiger partial charge in [-0.25, -0.2) is 4.79 Å². The number of amides is 1. The lowest BCUT2D eigenvalue weighted by atomic mass is 9.93. The van der Waals surface area contributed by atoms with E-state index in [1.807, 2.05) is 0 Å². The number of hydrogen-bond donors (Lipinski definition) is 1. The Kier molecular flexibility index (Phi) is 8.05. The number of aryl methyl sites for hydroxylation is 3. The summed E-state index contributed by atoms with van der Waals surface area (Å²) in [6.45, 7) is 1.52. The van der Waals surface area contributed by atoms with Crippen molar-refractivity contribution in [2.75, 3.05) is 13.1 Å². The summed E-state index contributed by atoms with van der Waals surface area (Å²) >= 11 is 0.855. The molecule has 13 heteroatoms. The Balaban J connectivity index is 1.72. The third-order valence-electron chi connectivity index (χ3n) is 6.85. The molecule has 0 atom stereocenters. The first kappa shape index (κ1) is 27.6. The number of thiophene rings is 1. The Labute approximate surface area is 219 Å². The van der Waals surface area contributed by atoms with E-state index in [9.17, 15) is 32.3 Å². The van der Waals surface area contributed by atoms with Crippen LogP contribution in [-0.2, 0) is 24.3 Å². The third-order valence-corrected chi connectivity index (χ3v) is 8.15. The van der Waals surface area contributed by atoms with Gasteiger partial charge in [0.2, 0.25) is 0 Å². The summed E-state index contributed by atoms with van der Waals surface area (Å²) in [4.78, 5) is 56.8. The number of carbonyl (C=O) groups excluding carboxylic acids is 1. The van der Waals surface area contributed by atoms with Crippen LogP contribution in [0.25, 0.3) is 10.2 Å². The Morgan fingerprint density at radius 2 is 1.76 bits per heavy atom. The van der Waals surface area contributed by atoms with Crippen molar-refractivity contribution in [1.29, 1.82) is 0 Å². The molecule has 204 valence electrons. The lowest BCUT2D eigenvalue weighted by molar-refractivity contribution is -0.138. The molecule has 0 unspecified atom stereocenters. The number of alkyl halides is 3. The lowest BCUT2D eigenvalue weighted by Gasteiger charge is -2.31. The SMILES string of the molecule is Cc1c(C(=O)N2CCC(CC(=O)O)CC2)sc2c1c(=O)n(CCc1ccncc1)c(=O)n2CCC(F)(F)F. The number of carboxylic acid groups (broad SMARTS) is 1. The molecule has 0 aromatic carbocycles. The molecule has 4 heterocycles. The molecule has 1 saturated heterocycles. The Hall–Kier alpha value is -3.48. The lowest BCUT2D eigenvalue weighted by Crippen LogP contribution is -2.40. The van der Waals surface area contributed by atoms with Gasteiger partial charge in [-0.1, -0.05) is 0 Å². The molecule has 1 aliphatic heterocycles. The highest BCUT2D eigenvalue weighted by Gasteiger charge is 2.31. The van der Waals surface area contributed by atoms with Crippen LogP contribution in [0.1, 0.15) is 46.5 Å². The predicted octanol–water partition coefficient (Wildman–Crippen LogP) is 3.45. The number of aliphatic carboxylic acids is 1. The fourth-order valence-electron chi connectivity index (χ4n) is 4.75. The zero-order valence-electron chi connectivity index (χ0n) is 20.7. The average molecular weight is 553 g/mol. The van der Waals surface area contributed by atoms with Crippen LogP contribution in [0.5, 0.6) is 0 Å². The van der Waals surface area contributed by atoms with Crippen molar-refractivity contribution in [3.05, 3.63) is 61.4 Å². The van der Waals surface area contributed by atoms with Gasteiger partial charge in [0, 0.05) is 45.0 Å². The number of piperidine rings is 1. The van der Waals surface area contributed by atoms with E-state index >= 15 is 0 Å². The summed E-state index contributed by atoms with van der Waals surface area (Å²) in [6, 6.07) is 3.44. The molecule has 1 amide bonds. The summed E-state index contributed by atoms with van der Waals surface area (Å²) in [5.74, 6) is -1.32. The molecule has 38 heavy (non-hydrogen) atoms. The number of rotatable bonds is 8. The molecule has 0 saturated carbocycles. The van der Waals surface area contributed by atoms with Gasteiger partial charge in [-0.2, -0.15) is 13.2 Å². The Morgan fingerprint density at radius 3 is 2.37 bits per heavy atom. The van der Waals surface area contributed by atoms with Crippen LogP contribution in [0, 0.1) is 12.8 Å². The standard InChI is InChI=1S/C25H27F3N4O5S/c1-15-19-21(35)31(12-6-16-2-8-29-9-3-16)24(37)32(13-7-25(26,27)28)23(19)38-20(15)22(36)30-10-4-17(5-11-30)14-18(33)34/h2-3,8-9,17H,4-7,10-14H2,1H3,(H,33,34). The summed E-state index contributed by atoms with van der Waals surface area (Å²) in [7, 11) is 0. The second-order valence-electron chi connectivity index (χ2n) is 9.43. The van der Waals surface area contributed by atoms with E-state index in [-0.39, 0.29) is 39.9 Å². The molecule has 1 N–H and O–H groups in total. The van der Waals surface area contributed by atoms with Crippen LogP contribution < -0.4 is 11.2 Å². The van der Waals surface area contributed by atoms with Crippen molar-refractivity contribution in [2.24, 2.45) is 5.92 Å². The molecule has 3 aromatic heterocycles. The van der Waals surface area contributed by atoms with E-state index < -0.39 is 36.4 Å². The minimum Gasteiger partial charge on any atom is -0.481 e. The number of likely N-dealkylation sites (tertiary alicyclic amines) is 1. The summed E-state index contributed by atoms with van der Waals surface area (Å²) < 4.78 is 41.2. The number of aromatic nitrogens is 3. The molecular weight excluding hydrogens is 525 g/mol. The highest BCUT2D eigenvalue weighted by molar-refractivity contribution is 7.20. The number of carboxylic acids is 1. The van der Waals surface area contributed by atoms with Gasteiger partial charge in [-0.05, 0) is 55.4 Å². The van der Waals surface area contributed by atoms with E-state index in [1.54, 1.807) is 36.4 Å². The van der Waals surface area contributed by atoms with E-state index in [1.165, 1.54) is 0 Å². The van der Waals surface area contributed by atoms with Crippen molar-refractivity contribution in [1.82, 2.24) is 19.0 Å². The van der Waals surface area contributed by atoms with Crippen LogP contribution in [0.15, 0.2) is 34.1 Å². The molecule has 0 aliphatic carbocycles. The minimum absolute atomic E-state index is 0.0223. The topological polar surface area (TPSA) is 115 Å². The molecule has 9 nitrogen and oxygen atoms in total. The van der Waals surface area contributed by atoms with Gasteiger partial charge in [0.05, 0.1) is 16.7 Å². The number of halogens is 3. The van der Waals surface area contributed by atoms with Gasteiger partial charge in [-0.3, -0.25) is 28.5 Å². The van der Waals surface area contributed by atoms with Crippen LogP contribution in [0.2, 0.25) is 0 Å². The van der Waals surface area contributed by atoms with E-state index in [0.29, 0.717) is 37.9 Å². The quantitative estimate of drug-likeness (QED) is 0.458. The second kappa shape index (κ2) is 11.1. The van der Waals surface area contributed by atoms with E-state index in [2.05, 4.69) is 4.98 Å². The molecular formula is C25H27F3N4O5S. The van der Waals surface area contributed by atoms with Gasteiger partial charge < -0.3 is 10.0 Å². The van der Waals surface area contributed by atoms with E-state index in [4.69, 9.17) is 5.11 Å². The van der Waals surface area contributed by atoms with Gasteiger partial charge in [0.15, 0.2) is 0 Å². The average Bonchev–Trinajstić information content (AvgIpc) is 3.20. The maximum atomic E-state index is 13.4. The maximum Gasteiger partial charge on any atom is 0.390 e. The normalized spacial score (nSPS) is 14.8. The maximum absolute atomic E-state index is 13.4. The molecule has 1 fully saturated rings. The summed E-state index contributed by atoms with van der Waals surface area (Å²) in [5, 5.41) is 9.08. The zero-order chi connectivity index (χ0) is 27.6. The van der Waals surface area contributed by atoms with Crippen LogP contribution in [0.3, 0.4) is 0 Å². The zero-order valence-corrected chi connectivity index (χ0v) is 21.5. The number of pyridine rings is 1. The Bertz CT molecular complexity index is 1450. The molecule has 0 radical (unpaired) electrons. The molecule has 4 rings (SSSR count). The van der Waals surface area contributed by atoms with Gasteiger partial charge in [0.1, 0.15) is 4.83 Å². The third kappa shape index (κ3) is 5.98. The van der Waals surface area contributed by atoms with Crippen LogP contribution in [0.4, 0.5) is 13.2 Å².